The van der Waals surface area contributed by atoms with Gasteiger partial charge in [-0.15, -0.1) is 0 Å². The lowest BCUT2D eigenvalue weighted by molar-refractivity contribution is -0.139. The van der Waals surface area contributed by atoms with Crippen molar-refractivity contribution in [3.8, 4) is 5.75 Å². The van der Waals surface area contributed by atoms with Crippen LogP contribution in [0.2, 0.25) is 0 Å². The van der Waals surface area contributed by atoms with Crippen LogP contribution >= 0.6 is 0 Å². The Hall–Kier alpha value is -1.84. The molecule has 2 saturated carbocycles. The van der Waals surface area contributed by atoms with E-state index in [0.717, 1.165) is 38.5 Å². The van der Waals surface area contributed by atoms with E-state index in [2.05, 4.69) is 13.0 Å². The number of fused-ring (bicyclic) bond motifs is 5. The molecule has 128 valence electrons. The van der Waals surface area contributed by atoms with Crippen molar-refractivity contribution in [1.29, 1.82) is 0 Å². The molecule has 2 fully saturated rings. The van der Waals surface area contributed by atoms with Crippen LogP contribution in [0.3, 0.4) is 0 Å². The van der Waals surface area contributed by atoms with E-state index in [9.17, 15) is 9.59 Å². The van der Waals surface area contributed by atoms with Crippen LogP contribution in [-0.4, -0.2) is 23.5 Å². The highest BCUT2D eigenvalue weighted by atomic mass is 16.5. The van der Waals surface area contributed by atoms with Gasteiger partial charge in [0.25, 0.3) is 0 Å². The van der Waals surface area contributed by atoms with Crippen LogP contribution in [0.5, 0.6) is 5.75 Å². The minimum atomic E-state index is -0.953. The summed E-state index contributed by atoms with van der Waals surface area (Å²) in [5, 5.41) is 8.75. The lowest BCUT2D eigenvalue weighted by Gasteiger charge is -2.48. The second-order valence-electron chi connectivity index (χ2n) is 7.88. The monoisotopic (exact) mass is 328 g/mol. The van der Waals surface area contributed by atoms with Gasteiger partial charge in [-0.2, -0.15) is 0 Å². The molecule has 4 rings (SSSR count). The summed E-state index contributed by atoms with van der Waals surface area (Å²) in [7, 11) is 0. The fraction of sp³-hybridized carbons (Fsp3) is 0.600. The number of carboxylic acid groups (broad SMARTS) is 1. The molecule has 0 heterocycles. The fourth-order valence-corrected chi connectivity index (χ4v) is 5.56. The SMILES string of the molecule is C[C@]12CCC3c4ccc(OCC(=O)O)cc4CCC3C1CCC2=O. The van der Waals surface area contributed by atoms with Gasteiger partial charge >= 0.3 is 5.97 Å². The van der Waals surface area contributed by atoms with Crippen molar-refractivity contribution in [2.45, 2.75) is 51.4 Å². The zero-order valence-electron chi connectivity index (χ0n) is 14.1. The van der Waals surface area contributed by atoms with Crippen molar-refractivity contribution in [1.82, 2.24) is 0 Å². The van der Waals surface area contributed by atoms with Crippen LogP contribution in [-0.2, 0) is 16.0 Å². The maximum Gasteiger partial charge on any atom is 0.341 e. The van der Waals surface area contributed by atoms with Gasteiger partial charge in [-0.25, -0.2) is 4.79 Å². The molecule has 4 atom stereocenters. The van der Waals surface area contributed by atoms with Gasteiger partial charge in [0, 0.05) is 11.8 Å². The number of ether oxygens (including phenoxy) is 1. The molecule has 1 aromatic rings. The summed E-state index contributed by atoms with van der Waals surface area (Å²) in [6.45, 7) is 1.90. The highest BCUT2D eigenvalue weighted by Crippen LogP contribution is 2.59. The van der Waals surface area contributed by atoms with Gasteiger partial charge in [-0.1, -0.05) is 13.0 Å². The summed E-state index contributed by atoms with van der Waals surface area (Å²) >= 11 is 0. The number of carboxylic acids is 1. The van der Waals surface area contributed by atoms with Crippen LogP contribution in [0.15, 0.2) is 18.2 Å². The average Bonchev–Trinajstić information content (AvgIpc) is 2.88. The second kappa shape index (κ2) is 5.61. The molecule has 3 unspecified atom stereocenters. The normalized spacial score (nSPS) is 34.2. The molecule has 0 aromatic heterocycles. The minimum Gasteiger partial charge on any atom is -0.482 e. The number of carbonyl (C=O) groups is 2. The van der Waals surface area contributed by atoms with Gasteiger partial charge in [0.15, 0.2) is 6.61 Å². The summed E-state index contributed by atoms with van der Waals surface area (Å²) in [4.78, 5) is 23.0. The first-order chi connectivity index (χ1) is 11.5. The summed E-state index contributed by atoms with van der Waals surface area (Å²) in [5.41, 5.74) is 2.62. The predicted octanol–water partition coefficient (Wildman–Crippen LogP) is 3.58. The average molecular weight is 328 g/mol. The van der Waals surface area contributed by atoms with Gasteiger partial charge in [-0.3, -0.25) is 4.79 Å². The van der Waals surface area contributed by atoms with E-state index in [-0.39, 0.29) is 12.0 Å². The first kappa shape index (κ1) is 15.7. The highest BCUT2D eigenvalue weighted by molar-refractivity contribution is 5.87. The number of hydrogen-bond donors (Lipinski definition) is 1. The summed E-state index contributed by atoms with van der Waals surface area (Å²) in [6, 6.07) is 6.04. The standard InChI is InChI=1S/C20H24O4/c1-20-9-8-15-14-5-3-13(24-11-19(22)23)10-12(14)2-4-16(15)17(20)6-7-18(20)21/h3,5,10,15-17H,2,4,6-9,11H2,1H3,(H,22,23)/t15?,16?,17?,20-/m0/s1. The van der Waals surface area contributed by atoms with Gasteiger partial charge in [0.05, 0.1) is 0 Å². The van der Waals surface area contributed by atoms with Crippen molar-refractivity contribution in [3.05, 3.63) is 29.3 Å². The van der Waals surface area contributed by atoms with Crippen molar-refractivity contribution in [2.75, 3.05) is 6.61 Å². The Bertz CT molecular complexity index is 695. The molecule has 0 amide bonds. The van der Waals surface area contributed by atoms with Gasteiger partial charge in [0.2, 0.25) is 0 Å². The van der Waals surface area contributed by atoms with Crippen LogP contribution in [0.25, 0.3) is 0 Å². The van der Waals surface area contributed by atoms with Gasteiger partial charge < -0.3 is 9.84 Å². The van der Waals surface area contributed by atoms with E-state index < -0.39 is 5.97 Å². The van der Waals surface area contributed by atoms with E-state index in [1.54, 1.807) is 0 Å². The first-order valence-electron chi connectivity index (χ1n) is 9.00. The lowest BCUT2D eigenvalue weighted by Crippen LogP contribution is -2.42. The summed E-state index contributed by atoms with van der Waals surface area (Å²) in [5.74, 6) is 1.88. The number of aliphatic carboxylic acids is 1. The maximum atomic E-state index is 12.4. The topological polar surface area (TPSA) is 63.6 Å². The Balaban J connectivity index is 1.59. The van der Waals surface area contributed by atoms with E-state index in [1.807, 2.05) is 12.1 Å². The largest absolute Gasteiger partial charge is 0.482 e. The predicted molar refractivity (Wildman–Crippen MR) is 89.2 cm³/mol. The van der Waals surface area contributed by atoms with Crippen molar-refractivity contribution in [2.24, 2.45) is 17.3 Å². The molecule has 3 aliphatic rings. The van der Waals surface area contributed by atoms with Crippen molar-refractivity contribution < 1.29 is 19.4 Å². The van der Waals surface area contributed by atoms with E-state index in [4.69, 9.17) is 9.84 Å². The van der Waals surface area contributed by atoms with Crippen LogP contribution < -0.4 is 4.74 Å². The molecule has 3 aliphatic carbocycles. The molecule has 0 saturated heterocycles. The zero-order valence-corrected chi connectivity index (χ0v) is 14.1. The minimum absolute atomic E-state index is 0.0801. The number of Topliss-reactive ketones (excluding diaryl/α,β-unsaturated/α-hetero) is 1. The van der Waals surface area contributed by atoms with Crippen LogP contribution in [0.1, 0.15) is 56.1 Å². The third-order valence-corrected chi connectivity index (χ3v) is 6.77. The molecular formula is C20H24O4. The quantitative estimate of drug-likeness (QED) is 0.921. The van der Waals surface area contributed by atoms with Gasteiger partial charge in [-0.05, 0) is 73.1 Å². The molecule has 4 nitrogen and oxygen atoms in total. The third kappa shape index (κ3) is 2.35. The smallest absolute Gasteiger partial charge is 0.341 e. The number of aryl methyl sites for hydroxylation is 1. The number of carbonyl (C=O) groups excluding carboxylic acids is 1. The number of ketones is 1. The van der Waals surface area contributed by atoms with Crippen molar-refractivity contribution >= 4 is 11.8 Å². The Morgan fingerprint density at radius 3 is 2.92 bits per heavy atom. The van der Waals surface area contributed by atoms with Crippen molar-refractivity contribution in [3.63, 3.8) is 0 Å². The molecule has 0 aliphatic heterocycles. The van der Waals surface area contributed by atoms with Gasteiger partial charge in [0.1, 0.15) is 11.5 Å². The number of rotatable bonds is 3. The highest BCUT2D eigenvalue weighted by Gasteiger charge is 2.54. The Morgan fingerprint density at radius 1 is 1.29 bits per heavy atom. The van der Waals surface area contributed by atoms with Crippen LogP contribution in [0.4, 0.5) is 0 Å². The number of benzene rings is 1. The summed E-state index contributed by atoms with van der Waals surface area (Å²) in [6.07, 6.45) is 6.06. The third-order valence-electron chi connectivity index (χ3n) is 6.77. The molecule has 4 heteroatoms. The molecule has 0 bridgehead atoms. The molecule has 1 N–H and O–H groups in total. The maximum absolute atomic E-state index is 12.4. The second-order valence-corrected chi connectivity index (χ2v) is 7.88. The van der Waals surface area contributed by atoms with Crippen LogP contribution in [0, 0.1) is 17.3 Å². The molecule has 24 heavy (non-hydrogen) atoms. The summed E-state index contributed by atoms with van der Waals surface area (Å²) < 4.78 is 5.32. The van der Waals surface area contributed by atoms with E-state index >= 15 is 0 Å². The molecule has 0 spiro atoms. The van der Waals surface area contributed by atoms with E-state index in [1.165, 1.54) is 11.1 Å². The lowest BCUT2D eigenvalue weighted by atomic mass is 9.55. The Labute approximate surface area is 142 Å². The molecular weight excluding hydrogens is 304 g/mol. The Kier molecular flexibility index (Phi) is 3.66. The Morgan fingerprint density at radius 2 is 2.12 bits per heavy atom. The number of hydrogen-bond acceptors (Lipinski definition) is 3. The van der Waals surface area contributed by atoms with E-state index in [0.29, 0.717) is 29.3 Å². The zero-order chi connectivity index (χ0) is 16.9. The fourth-order valence-electron chi connectivity index (χ4n) is 5.56. The molecule has 0 radical (unpaired) electrons. The first-order valence-corrected chi connectivity index (χ1v) is 9.00. The molecule has 1 aromatic carbocycles.